The lowest BCUT2D eigenvalue weighted by Crippen LogP contribution is -2.40. The number of hydrogen-bond acceptors (Lipinski definition) is 5. The van der Waals surface area contributed by atoms with Crippen molar-refractivity contribution in [2.75, 3.05) is 49.6 Å². The molecule has 1 amide bonds. The molecule has 0 unspecified atom stereocenters. The minimum Gasteiger partial charge on any atom is -0.379 e. The van der Waals surface area contributed by atoms with Gasteiger partial charge in [-0.2, -0.15) is 4.31 Å². The highest BCUT2D eigenvalue weighted by atomic mass is 32.2. The van der Waals surface area contributed by atoms with Crippen LogP contribution in [0, 0.1) is 5.82 Å². The summed E-state index contributed by atoms with van der Waals surface area (Å²) in [5, 5.41) is 2.88. The van der Waals surface area contributed by atoms with Crippen molar-refractivity contribution in [3.8, 4) is 0 Å². The number of morpholine rings is 1. The number of carbonyl (C=O) groups excluding carboxylic acids is 1. The van der Waals surface area contributed by atoms with Gasteiger partial charge in [0.2, 0.25) is 15.9 Å². The van der Waals surface area contributed by atoms with Crippen molar-refractivity contribution in [1.82, 2.24) is 4.31 Å². The average Bonchev–Trinajstić information content (AvgIpc) is 3.14. The van der Waals surface area contributed by atoms with E-state index in [-0.39, 0.29) is 16.6 Å². The molecule has 2 aliphatic heterocycles. The van der Waals surface area contributed by atoms with Gasteiger partial charge < -0.3 is 15.0 Å². The maximum absolute atomic E-state index is 13.2. The summed E-state index contributed by atoms with van der Waals surface area (Å²) >= 11 is 0. The number of amides is 1. The third-order valence-electron chi connectivity index (χ3n) is 6.08. The second-order valence-electron chi connectivity index (χ2n) is 8.47. The van der Waals surface area contributed by atoms with Gasteiger partial charge in [0.25, 0.3) is 0 Å². The third-order valence-corrected chi connectivity index (χ3v) is 7.97. The zero-order chi connectivity index (χ0) is 24.0. The molecule has 34 heavy (non-hydrogen) atoms. The smallest absolute Gasteiger partial charge is 0.248 e. The Morgan fingerprint density at radius 2 is 1.62 bits per heavy atom. The first-order chi connectivity index (χ1) is 16.4. The van der Waals surface area contributed by atoms with E-state index in [0.29, 0.717) is 37.6 Å². The summed E-state index contributed by atoms with van der Waals surface area (Å²) in [6, 6.07) is 10.8. The predicted molar refractivity (Wildman–Crippen MR) is 131 cm³/mol. The van der Waals surface area contributed by atoms with Crippen LogP contribution in [0.5, 0.6) is 0 Å². The molecule has 7 nitrogen and oxygen atoms in total. The Kier molecular flexibility index (Phi) is 7.97. The van der Waals surface area contributed by atoms with Crippen LogP contribution in [0.25, 0.3) is 6.08 Å². The quantitative estimate of drug-likeness (QED) is 0.626. The Hall–Kier alpha value is -2.75. The molecule has 2 fully saturated rings. The van der Waals surface area contributed by atoms with Crippen LogP contribution in [0.15, 0.2) is 53.4 Å². The number of rotatable bonds is 6. The van der Waals surface area contributed by atoms with Crippen LogP contribution in [0.3, 0.4) is 0 Å². The van der Waals surface area contributed by atoms with E-state index in [1.807, 2.05) is 0 Å². The summed E-state index contributed by atoms with van der Waals surface area (Å²) in [6.45, 7) is 3.04. The number of hydrogen-bond donors (Lipinski definition) is 1. The number of benzene rings is 2. The molecule has 2 aromatic rings. The minimum atomic E-state index is -3.70. The number of sulfonamides is 1. The lowest BCUT2D eigenvalue weighted by Gasteiger charge is -2.28. The van der Waals surface area contributed by atoms with Gasteiger partial charge in [-0.3, -0.25) is 4.79 Å². The fraction of sp³-hybridized carbons (Fsp3) is 0.400. The number of halogens is 1. The van der Waals surface area contributed by atoms with E-state index in [1.54, 1.807) is 36.4 Å². The molecule has 182 valence electrons. The topological polar surface area (TPSA) is 79.0 Å². The average molecular weight is 488 g/mol. The Morgan fingerprint density at radius 1 is 0.941 bits per heavy atom. The Morgan fingerprint density at radius 3 is 2.29 bits per heavy atom. The van der Waals surface area contributed by atoms with Gasteiger partial charge in [-0.25, -0.2) is 12.8 Å². The van der Waals surface area contributed by atoms with Crippen LogP contribution < -0.4 is 10.2 Å². The SMILES string of the molecule is O=C(C=Cc1ccc(F)cc1)Nc1cc(S(=O)(=O)N2CCOCC2)ccc1N1CCCCCC1. The summed E-state index contributed by atoms with van der Waals surface area (Å²) in [4.78, 5) is 15.1. The number of carbonyl (C=O) groups is 1. The number of ether oxygens (including phenoxy) is 1. The highest BCUT2D eigenvalue weighted by Crippen LogP contribution is 2.32. The summed E-state index contributed by atoms with van der Waals surface area (Å²) in [7, 11) is -3.70. The molecule has 0 radical (unpaired) electrons. The van der Waals surface area contributed by atoms with Crippen LogP contribution in [0.4, 0.5) is 15.8 Å². The molecule has 0 saturated carbocycles. The molecule has 4 rings (SSSR count). The van der Waals surface area contributed by atoms with Crippen LogP contribution in [0.2, 0.25) is 0 Å². The molecule has 2 aliphatic rings. The molecular formula is C25H30FN3O4S. The Labute approximate surface area is 200 Å². The second kappa shape index (κ2) is 11.1. The fourth-order valence-electron chi connectivity index (χ4n) is 4.22. The molecule has 1 N–H and O–H groups in total. The van der Waals surface area contributed by atoms with E-state index in [0.717, 1.165) is 44.5 Å². The third kappa shape index (κ3) is 6.02. The standard InChI is InChI=1S/C25H30FN3O4S/c26-21-8-5-20(6-9-21)7-12-25(30)27-23-19-22(34(31,32)29-15-17-33-18-16-29)10-11-24(23)28-13-3-1-2-4-14-28/h5-12,19H,1-4,13-18H2,(H,27,30). The largest absolute Gasteiger partial charge is 0.379 e. The molecular weight excluding hydrogens is 457 g/mol. The van der Waals surface area contributed by atoms with Gasteiger partial charge in [-0.15, -0.1) is 0 Å². The fourth-order valence-corrected chi connectivity index (χ4v) is 5.65. The van der Waals surface area contributed by atoms with E-state index in [1.165, 1.54) is 22.5 Å². The molecule has 2 saturated heterocycles. The van der Waals surface area contributed by atoms with Gasteiger partial charge in [0.1, 0.15) is 5.82 Å². The predicted octanol–water partition coefficient (Wildman–Crippen LogP) is 3.88. The highest BCUT2D eigenvalue weighted by molar-refractivity contribution is 7.89. The minimum absolute atomic E-state index is 0.144. The lowest BCUT2D eigenvalue weighted by molar-refractivity contribution is -0.111. The van der Waals surface area contributed by atoms with Crippen molar-refractivity contribution in [2.45, 2.75) is 30.6 Å². The zero-order valence-corrected chi connectivity index (χ0v) is 19.9. The van der Waals surface area contributed by atoms with Gasteiger partial charge in [-0.1, -0.05) is 25.0 Å². The molecule has 0 bridgehead atoms. The van der Waals surface area contributed by atoms with Gasteiger partial charge in [0, 0.05) is 32.3 Å². The molecule has 2 aromatic carbocycles. The number of anilines is 2. The Bertz CT molecular complexity index is 1120. The second-order valence-corrected chi connectivity index (χ2v) is 10.4. The van der Waals surface area contributed by atoms with Crippen LogP contribution in [-0.2, 0) is 19.6 Å². The van der Waals surface area contributed by atoms with E-state index >= 15 is 0 Å². The van der Waals surface area contributed by atoms with Crippen molar-refractivity contribution >= 4 is 33.4 Å². The zero-order valence-electron chi connectivity index (χ0n) is 19.1. The van der Waals surface area contributed by atoms with Gasteiger partial charge >= 0.3 is 0 Å². The maximum atomic E-state index is 13.2. The van der Waals surface area contributed by atoms with E-state index in [4.69, 9.17) is 4.74 Å². The normalized spacial score (nSPS) is 18.1. The van der Waals surface area contributed by atoms with Crippen LogP contribution >= 0.6 is 0 Å². The monoisotopic (exact) mass is 487 g/mol. The van der Waals surface area contributed by atoms with E-state index in [2.05, 4.69) is 10.2 Å². The summed E-state index contributed by atoms with van der Waals surface area (Å²) in [5.74, 6) is -0.733. The maximum Gasteiger partial charge on any atom is 0.248 e. The van der Waals surface area contributed by atoms with Crippen molar-refractivity contribution in [2.24, 2.45) is 0 Å². The van der Waals surface area contributed by atoms with Gasteiger partial charge in [-0.05, 0) is 54.8 Å². The summed E-state index contributed by atoms with van der Waals surface area (Å²) < 4.78 is 46.2. The molecule has 0 aromatic heterocycles. The van der Waals surface area contributed by atoms with Gasteiger partial charge in [0.15, 0.2) is 0 Å². The number of nitrogens with zero attached hydrogens (tertiary/aromatic N) is 2. The van der Waals surface area contributed by atoms with E-state index in [9.17, 15) is 17.6 Å². The van der Waals surface area contributed by atoms with Crippen molar-refractivity contribution in [3.05, 3.63) is 59.9 Å². The molecule has 9 heteroatoms. The van der Waals surface area contributed by atoms with Crippen molar-refractivity contribution in [3.63, 3.8) is 0 Å². The molecule has 0 atom stereocenters. The first-order valence-corrected chi connectivity index (χ1v) is 13.1. The molecule has 0 spiro atoms. The summed E-state index contributed by atoms with van der Waals surface area (Å²) in [5.41, 5.74) is 1.96. The lowest BCUT2D eigenvalue weighted by atomic mass is 10.2. The first kappa shape index (κ1) is 24.4. The first-order valence-electron chi connectivity index (χ1n) is 11.6. The van der Waals surface area contributed by atoms with E-state index < -0.39 is 10.0 Å². The van der Waals surface area contributed by atoms with Crippen LogP contribution in [0.1, 0.15) is 31.2 Å². The van der Waals surface area contributed by atoms with Crippen molar-refractivity contribution < 1.29 is 22.3 Å². The van der Waals surface area contributed by atoms with Gasteiger partial charge in [0.05, 0.1) is 29.5 Å². The Balaban J connectivity index is 1.61. The molecule has 2 heterocycles. The number of nitrogens with one attached hydrogen (secondary N) is 1. The van der Waals surface area contributed by atoms with Crippen LogP contribution in [-0.4, -0.2) is 58.0 Å². The highest BCUT2D eigenvalue weighted by Gasteiger charge is 2.27. The van der Waals surface area contributed by atoms with Crippen molar-refractivity contribution in [1.29, 1.82) is 0 Å². The molecule has 0 aliphatic carbocycles. The summed E-state index contributed by atoms with van der Waals surface area (Å²) in [6.07, 6.45) is 7.36.